The molecule has 0 aliphatic carbocycles. The first kappa shape index (κ1) is 15.7. The number of nitrogens with zero attached hydrogens (tertiary/aromatic N) is 2. The van der Waals surface area contributed by atoms with Gasteiger partial charge in [0, 0.05) is 32.2 Å². The summed E-state index contributed by atoms with van der Waals surface area (Å²) >= 11 is 0. The number of rotatable bonds is 5. The highest BCUT2D eigenvalue weighted by Crippen LogP contribution is 2.10. The Bertz CT molecular complexity index is 642. The summed E-state index contributed by atoms with van der Waals surface area (Å²) in [7, 11) is 0. The van der Waals surface area contributed by atoms with Crippen LogP contribution in [0.25, 0.3) is 0 Å². The van der Waals surface area contributed by atoms with Crippen LogP contribution in [0.3, 0.4) is 0 Å². The van der Waals surface area contributed by atoms with Gasteiger partial charge in [0.2, 0.25) is 5.76 Å². The minimum Gasteiger partial charge on any atom is -0.374 e. The number of ether oxygens (including phenoxy) is 1. The van der Waals surface area contributed by atoms with Crippen molar-refractivity contribution in [2.24, 2.45) is 0 Å². The minimum absolute atomic E-state index is 0.0135. The fourth-order valence-corrected chi connectivity index (χ4v) is 2.65. The van der Waals surface area contributed by atoms with Gasteiger partial charge in [-0.05, 0) is 12.5 Å². The van der Waals surface area contributed by atoms with Gasteiger partial charge in [0.15, 0.2) is 0 Å². The predicted octanol–water partition coefficient (Wildman–Crippen LogP) is 1.61. The molecule has 0 radical (unpaired) electrons. The molecule has 1 saturated heterocycles. The molecule has 1 atom stereocenters. The lowest BCUT2D eigenvalue weighted by Crippen LogP contribution is -2.47. The first-order valence-electron chi connectivity index (χ1n) is 7.80. The summed E-state index contributed by atoms with van der Waals surface area (Å²) in [4.78, 5) is 14.3. The van der Waals surface area contributed by atoms with Crippen molar-refractivity contribution in [1.82, 2.24) is 15.4 Å². The maximum Gasteiger partial charge on any atom is 0.289 e. The first-order valence-corrected chi connectivity index (χ1v) is 7.80. The van der Waals surface area contributed by atoms with E-state index in [1.165, 1.54) is 5.56 Å². The van der Waals surface area contributed by atoms with Gasteiger partial charge in [-0.1, -0.05) is 35.5 Å². The highest BCUT2D eigenvalue weighted by molar-refractivity contribution is 5.91. The van der Waals surface area contributed by atoms with Crippen LogP contribution in [0, 0.1) is 6.92 Å². The Labute approximate surface area is 135 Å². The number of aromatic nitrogens is 1. The van der Waals surface area contributed by atoms with E-state index >= 15 is 0 Å². The molecule has 1 aromatic carbocycles. The molecule has 122 valence electrons. The van der Waals surface area contributed by atoms with E-state index in [2.05, 4.69) is 27.5 Å². The van der Waals surface area contributed by atoms with Gasteiger partial charge in [-0.25, -0.2) is 0 Å². The van der Waals surface area contributed by atoms with Gasteiger partial charge in [0.05, 0.1) is 18.4 Å². The number of hydrogen-bond donors (Lipinski definition) is 1. The van der Waals surface area contributed by atoms with Gasteiger partial charge >= 0.3 is 0 Å². The quantitative estimate of drug-likeness (QED) is 0.908. The molecule has 1 fully saturated rings. The lowest BCUT2D eigenvalue weighted by atomic mass is 10.2. The molecule has 1 aromatic heterocycles. The molecule has 0 saturated carbocycles. The zero-order chi connectivity index (χ0) is 16.1. The molecule has 0 spiro atoms. The summed E-state index contributed by atoms with van der Waals surface area (Å²) in [5.74, 6) is -0.0196. The number of morpholine rings is 1. The Kier molecular flexibility index (Phi) is 5.05. The lowest BCUT2D eigenvalue weighted by molar-refractivity contribution is -0.0293. The molecule has 2 aromatic rings. The number of carbonyl (C=O) groups is 1. The van der Waals surface area contributed by atoms with Gasteiger partial charge in [-0.15, -0.1) is 0 Å². The Balaban J connectivity index is 1.48. The van der Waals surface area contributed by atoms with Gasteiger partial charge in [0.25, 0.3) is 5.91 Å². The fraction of sp³-hybridized carbons (Fsp3) is 0.412. The molecule has 3 rings (SSSR count). The van der Waals surface area contributed by atoms with E-state index in [4.69, 9.17) is 9.26 Å². The maximum absolute atomic E-state index is 12.0. The van der Waals surface area contributed by atoms with E-state index in [1.807, 2.05) is 18.2 Å². The Morgan fingerprint density at radius 3 is 2.96 bits per heavy atom. The average Bonchev–Trinajstić information content (AvgIpc) is 3.01. The molecule has 1 aliphatic heterocycles. The molecule has 6 nitrogen and oxygen atoms in total. The number of hydrogen-bond acceptors (Lipinski definition) is 5. The molecule has 1 N–H and O–H groups in total. The fourth-order valence-electron chi connectivity index (χ4n) is 2.65. The van der Waals surface area contributed by atoms with Crippen LogP contribution in [0.1, 0.15) is 21.8 Å². The molecular formula is C17H21N3O3. The second-order valence-electron chi connectivity index (χ2n) is 5.76. The SMILES string of the molecule is Cc1cc(C(=O)NCC2CN(Cc3ccccc3)CCO2)on1. The third-order valence-corrected chi connectivity index (χ3v) is 3.81. The molecule has 1 aliphatic rings. The zero-order valence-corrected chi connectivity index (χ0v) is 13.2. The van der Waals surface area contributed by atoms with Crippen molar-refractivity contribution in [3.63, 3.8) is 0 Å². The summed E-state index contributed by atoms with van der Waals surface area (Å²) < 4.78 is 10.7. The van der Waals surface area contributed by atoms with E-state index < -0.39 is 0 Å². The molecule has 0 bridgehead atoms. The second kappa shape index (κ2) is 7.39. The van der Waals surface area contributed by atoms with Crippen LogP contribution >= 0.6 is 0 Å². The van der Waals surface area contributed by atoms with Crippen LogP contribution in [-0.2, 0) is 11.3 Å². The van der Waals surface area contributed by atoms with Crippen LogP contribution < -0.4 is 5.32 Å². The van der Waals surface area contributed by atoms with E-state index in [9.17, 15) is 4.79 Å². The normalized spacial score (nSPS) is 18.7. The lowest BCUT2D eigenvalue weighted by Gasteiger charge is -2.33. The summed E-state index contributed by atoms with van der Waals surface area (Å²) in [6.45, 7) is 5.52. The van der Waals surface area contributed by atoms with E-state index in [-0.39, 0.29) is 17.8 Å². The number of aryl methyl sites for hydroxylation is 1. The number of amides is 1. The van der Waals surface area contributed by atoms with Crippen molar-refractivity contribution in [2.45, 2.75) is 19.6 Å². The third kappa shape index (κ3) is 4.40. The monoisotopic (exact) mass is 315 g/mol. The molecule has 2 heterocycles. The first-order chi connectivity index (χ1) is 11.2. The Morgan fingerprint density at radius 1 is 1.39 bits per heavy atom. The van der Waals surface area contributed by atoms with Gasteiger partial charge in [-0.3, -0.25) is 9.69 Å². The van der Waals surface area contributed by atoms with Crippen molar-refractivity contribution in [2.75, 3.05) is 26.2 Å². The van der Waals surface area contributed by atoms with Crippen LogP contribution in [-0.4, -0.2) is 48.3 Å². The number of nitrogens with one attached hydrogen (secondary N) is 1. The van der Waals surface area contributed by atoms with Gasteiger partial charge in [-0.2, -0.15) is 0 Å². The van der Waals surface area contributed by atoms with E-state index in [0.29, 0.717) is 18.8 Å². The molecule has 23 heavy (non-hydrogen) atoms. The van der Waals surface area contributed by atoms with Crippen LogP contribution in [0.15, 0.2) is 40.9 Å². The van der Waals surface area contributed by atoms with Crippen molar-refractivity contribution < 1.29 is 14.1 Å². The van der Waals surface area contributed by atoms with Crippen molar-refractivity contribution >= 4 is 5.91 Å². The van der Waals surface area contributed by atoms with Crippen LogP contribution in [0.2, 0.25) is 0 Å². The molecule has 1 amide bonds. The summed E-state index contributed by atoms with van der Waals surface area (Å²) in [5.41, 5.74) is 1.98. The molecule has 1 unspecified atom stereocenters. The summed E-state index contributed by atoms with van der Waals surface area (Å²) in [6.07, 6.45) is -0.0135. The zero-order valence-electron chi connectivity index (χ0n) is 13.2. The van der Waals surface area contributed by atoms with Crippen molar-refractivity contribution in [3.05, 3.63) is 53.4 Å². The molecular weight excluding hydrogens is 294 g/mol. The van der Waals surface area contributed by atoms with E-state index in [0.717, 1.165) is 19.6 Å². The van der Waals surface area contributed by atoms with E-state index in [1.54, 1.807) is 13.0 Å². The molecule has 6 heteroatoms. The smallest absolute Gasteiger partial charge is 0.289 e. The summed E-state index contributed by atoms with van der Waals surface area (Å²) in [5, 5.41) is 6.56. The summed E-state index contributed by atoms with van der Waals surface area (Å²) in [6, 6.07) is 12.0. The number of carbonyl (C=O) groups excluding carboxylic acids is 1. The van der Waals surface area contributed by atoms with Crippen LogP contribution in [0.5, 0.6) is 0 Å². The second-order valence-corrected chi connectivity index (χ2v) is 5.76. The van der Waals surface area contributed by atoms with Gasteiger partial charge < -0.3 is 14.6 Å². The van der Waals surface area contributed by atoms with Crippen molar-refractivity contribution in [3.8, 4) is 0 Å². The number of benzene rings is 1. The van der Waals surface area contributed by atoms with Gasteiger partial charge in [0.1, 0.15) is 0 Å². The minimum atomic E-state index is -0.255. The Hall–Kier alpha value is -2.18. The maximum atomic E-state index is 12.0. The Morgan fingerprint density at radius 2 is 2.22 bits per heavy atom. The highest BCUT2D eigenvalue weighted by Gasteiger charge is 2.22. The highest BCUT2D eigenvalue weighted by atomic mass is 16.5. The van der Waals surface area contributed by atoms with Crippen molar-refractivity contribution in [1.29, 1.82) is 0 Å². The average molecular weight is 315 g/mol. The standard InChI is InChI=1S/C17H21N3O3/c1-13-9-16(23-19-13)17(21)18-10-15-12-20(7-8-22-15)11-14-5-3-2-4-6-14/h2-6,9,15H,7-8,10-12H2,1H3,(H,18,21). The van der Waals surface area contributed by atoms with Crippen LogP contribution in [0.4, 0.5) is 0 Å². The topological polar surface area (TPSA) is 67.6 Å². The largest absolute Gasteiger partial charge is 0.374 e. The predicted molar refractivity (Wildman–Crippen MR) is 85.0 cm³/mol. The third-order valence-electron chi connectivity index (χ3n) is 3.81.